The quantitative estimate of drug-likeness (QED) is 0.857. The third-order valence-corrected chi connectivity index (χ3v) is 4.82. The predicted octanol–water partition coefficient (Wildman–Crippen LogP) is 2.11. The zero-order chi connectivity index (χ0) is 15.5. The summed E-state index contributed by atoms with van der Waals surface area (Å²) in [5, 5.41) is 0. The van der Waals surface area contributed by atoms with Gasteiger partial charge in [0.1, 0.15) is 5.75 Å². The molecule has 1 atom stereocenters. The van der Waals surface area contributed by atoms with Crippen LogP contribution in [0, 0.1) is 0 Å². The van der Waals surface area contributed by atoms with Gasteiger partial charge in [0, 0.05) is 26.2 Å². The smallest absolute Gasteiger partial charge is 0.263 e. The molecule has 1 aliphatic carbocycles. The molecular weight excluding hydrogens is 276 g/mol. The van der Waals surface area contributed by atoms with Gasteiger partial charge >= 0.3 is 0 Å². The minimum atomic E-state index is -0.406. The number of hydrogen-bond acceptors (Lipinski definition) is 3. The molecule has 3 rings (SSSR count). The van der Waals surface area contributed by atoms with Gasteiger partial charge in [0.15, 0.2) is 6.10 Å². The number of benzene rings is 1. The molecule has 2 aliphatic rings. The summed E-state index contributed by atoms with van der Waals surface area (Å²) in [6.45, 7) is 5.37. The topological polar surface area (TPSA) is 32.8 Å². The maximum Gasteiger partial charge on any atom is 0.263 e. The fourth-order valence-electron chi connectivity index (χ4n) is 3.38. The monoisotopic (exact) mass is 302 g/mol. The minimum Gasteiger partial charge on any atom is -0.481 e. The molecule has 1 heterocycles. The largest absolute Gasteiger partial charge is 0.481 e. The van der Waals surface area contributed by atoms with Gasteiger partial charge in [-0.25, -0.2) is 0 Å². The Labute approximate surface area is 133 Å². The molecule has 1 unspecified atom stereocenters. The van der Waals surface area contributed by atoms with Gasteiger partial charge in [0.25, 0.3) is 5.91 Å². The van der Waals surface area contributed by atoms with E-state index in [1.54, 1.807) is 0 Å². The molecule has 0 aromatic heterocycles. The summed E-state index contributed by atoms with van der Waals surface area (Å²) in [5.74, 6) is 1.02. The first-order chi connectivity index (χ1) is 10.6. The number of piperazine rings is 1. The number of rotatable bonds is 3. The van der Waals surface area contributed by atoms with Gasteiger partial charge in [-0.1, -0.05) is 12.1 Å². The van der Waals surface area contributed by atoms with Crippen molar-refractivity contribution in [3.05, 3.63) is 29.3 Å². The normalized spacial score (nSPS) is 20.4. The predicted molar refractivity (Wildman–Crippen MR) is 87.3 cm³/mol. The van der Waals surface area contributed by atoms with Crippen LogP contribution < -0.4 is 4.74 Å². The number of ether oxygens (including phenoxy) is 1. The molecule has 1 aromatic rings. The zero-order valence-electron chi connectivity index (χ0n) is 13.7. The number of amides is 1. The molecule has 1 aliphatic heterocycles. The highest BCUT2D eigenvalue weighted by atomic mass is 16.5. The Kier molecular flexibility index (Phi) is 4.67. The number of likely N-dealkylation sites (N-methyl/N-ethyl adjacent to an activating group) is 1. The van der Waals surface area contributed by atoms with Crippen LogP contribution in [0.25, 0.3) is 0 Å². The summed E-state index contributed by atoms with van der Waals surface area (Å²) in [6, 6.07) is 6.25. The molecular formula is C18H26N2O2. The Morgan fingerprint density at radius 1 is 1.14 bits per heavy atom. The minimum absolute atomic E-state index is 0.113. The van der Waals surface area contributed by atoms with E-state index >= 15 is 0 Å². The molecule has 0 bridgehead atoms. The molecule has 1 saturated heterocycles. The van der Waals surface area contributed by atoms with Crippen molar-refractivity contribution in [3.8, 4) is 5.75 Å². The van der Waals surface area contributed by atoms with Crippen molar-refractivity contribution in [1.82, 2.24) is 9.80 Å². The van der Waals surface area contributed by atoms with Gasteiger partial charge in [-0.2, -0.15) is 0 Å². The summed E-state index contributed by atoms with van der Waals surface area (Å²) in [4.78, 5) is 16.7. The zero-order valence-corrected chi connectivity index (χ0v) is 13.7. The molecule has 0 spiro atoms. The molecule has 1 fully saturated rings. The van der Waals surface area contributed by atoms with Crippen LogP contribution in [0.2, 0.25) is 0 Å². The Morgan fingerprint density at radius 3 is 2.64 bits per heavy atom. The van der Waals surface area contributed by atoms with E-state index in [0.29, 0.717) is 0 Å². The first-order valence-electron chi connectivity index (χ1n) is 8.40. The van der Waals surface area contributed by atoms with E-state index in [-0.39, 0.29) is 5.91 Å². The molecule has 120 valence electrons. The lowest BCUT2D eigenvalue weighted by Crippen LogP contribution is -2.50. The molecule has 0 N–H and O–H groups in total. The van der Waals surface area contributed by atoms with E-state index in [2.05, 4.69) is 18.0 Å². The van der Waals surface area contributed by atoms with E-state index < -0.39 is 6.10 Å². The summed E-state index contributed by atoms with van der Waals surface area (Å²) in [7, 11) is 2.10. The summed E-state index contributed by atoms with van der Waals surface area (Å²) < 4.78 is 6.05. The van der Waals surface area contributed by atoms with Crippen LogP contribution in [0.1, 0.15) is 30.9 Å². The van der Waals surface area contributed by atoms with Crippen molar-refractivity contribution < 1.29 is 9.53 Å². The number of hydrogen-bond donors (Lipinski definition) is 0. The Bertz CT molecular complexity index is 536. The SMILES string of the molecule is CC(Oc1cccc2c1CCCC2)C(=O)N1CCN(C)CC1. The van der Waals surface area contributed by atoms with Crippen LogP contribution in [0.5, 0.6) is 5.75 Å². The van der Waals surface area contributed by atoms with Crippen molar-refractivity contribution in [2.24, 2.45) is 0 Å². The first-order valence-corrected chi connectivity index (χ1v) is 8.40. The van der Waals surface area contributed by atoms with Crippen LogP contribution in [0.3, 0.4) is 0 Å². The highest BCUT2D eigenvalue weighted by Gasteiger charge is 2.26. The van der Waals surface area contributed by atoms with Crippen molar-refractivity contribution in [2.75, 3.05) is 33.2 Å². The standard InChI is InChI=1S/C18H26N2O2/c1-14(18(21)20-12-10-19(2)11-13-20)22-17-9-5-7-15-6-3-4-8-16(15)17/h5,7,9,14H,3-4,6,8,10-13H2,1-2H3. The van der Waals surface area contributed by atoms with Crippen molar-refractivity contribution in [1.29, 1.82) is 0 Å². The number of aryl methyl sites for hydroxylation is 1. The highest BCUT2D eigenvalue weighted by molar-refractivity contribution is 5.81. The fraction of sp³-hybridized carbons (Fsp3) is 0.611. The molecule has 1 amide bonds. The molecule has 4 nitrogen and oxygen atoms in total. The van der Waals surface area contributed by atoms with Crippen molar-refractivity contribution in [3.63, 3.8) is 0 Å². The number of carbonyl (C=O) groups excluding carboxylic acids is 1. The van der Waals surface area contributed by atoms with Crippen LogP contribution in [-0.2, 0) is 17.6 Å². The van der Waals surface area contributed by atoms with Crippen LogP contribution in [-0.4, -0.2) is 55.0 Å². The van der Waals surface area contributed by atoms with Gasteiger partial charge in [-0.15, -0.1) is 0 Å². The van der Waals surface area contributed by atoms with Gasteiger partial charge in [0.2, 0.25) is 0 Å². The van der Waals surface area contributed by atoms with Gasteiger partial charge in [-0.3, -0.25) is 4.79 Å². The number of fused-ring (bicyclic) bond motifs is 1. The molecule has 0 saturated carbocycles. The third-order valence-electron chi connectivity index (χ3n) is 4.82. The Hall–Kier alpha value is -1.55. The van der Waals surface area contributed by atoms with E-state index in [1.165, 1.54) is 24.0 Å². The summed E-state index contributed by atoms with van der Waals surface area (Å²) in [5.41, 5.74) is 2.70. The van der Waals surface area contributed by atoms with Crippen molar-refractivity contribution >= 4 is 5.91 Å². The average Bonchev–Trinajstić information content (AvgIpc) is 2.55. The first kappa shape index (κ1) is 15.3. The van der Waals surface area contributed by atoms with Crippen LogP contribution in [0.4, 0.5) is 0 Å². The van der Waals surface area contributed by atoms with Crippen LogP contribution in [0.15, 0.2) is 18.2 Å². The van der Waals surface area contributed by atoms with Gasteiger partial charge in [0.05, 0.1) is 0 Å². The maximum atomic E-state index is 12.6. The van der Waals surface area contributed by atoms with E-state index in [1.807, 2.05) is 24.0 Å². The lowest BCUT2D eigenvalue weighted by Gasteiger charge is -2.34. The summed E-state index contributed by atoms with van der Waals surface area (Å²) in [6.07, 6.45) is 4.27. The second kappa shape index (κ2) is 6.69. The van der Waals surface area contributed by atoms with Crippen LogP contribution >= 0.6 is 0 Å². The molecule has 1 aromatic carbocycles. The van der Waals surface area contributed by atoms with E-state index in [9.17, 15) is 4.79 Å². The molecule has 0 radical (unpaired) electrons. The lowest BCUT2D eigenvalue weighted by atomic mass is 9.91. The average molecular weight is 302 g/mol. The van der Waals surface area contributed by atoms with E-state index in [4.69, 9.17) is 4.74 Å². The molecule has 4 heteroatoms. The Morgan fingerprint density at radius 2 is 1.86 bits per heavy atom. The summed E-state index contributed by atoms with van der Waals surface area (Å²) >= 11 is 0. The fourth-order valence-corrected chi connectivity index (χ4v) is 3.38. The second-order valence-electron chi connectivity index (χ2n) is 6.49. The second-order valence-corrected chi connectivity index (χ2v) is 6.49. The van der Waals surface area contributed by atoms with Gasteiger partial charge < -0.3 is 14.5 Å². The van der Waals surface area contributed by atoms with E-state index in [0.717, 1.165) is 44.8 Å². The van der Waals surface area contributed by atoms with Gasteiger partial charge in [-0.05, 0) is 56.8 Å². The maximum absolute atomic E-state index is 12.6. The number of carbonyl (C=O) groups is 1. The number of nitrogens with zero attached hydrogens (tertiary/aromatic N) is 2. The molecule has 22 heavy (non-hydrogen) atoms. The third kappa shape index (κ3) is 3.27. The highest BCUT2D eigenvalue weighted by Crippen LogP contribution is 2.30. The lowest BCUT2D eigenvalue weighted by molar-refractivity contribution is -0.139. The van der Waals surface area contributed by atoms with Crippen molar-refractivity contribution in [2.45, 2.75) is 38.7 Å². The Balaban J connectivity index is 1.66.